The van der Waals surface area contributed by atoms with Crippen LogP contribution in [0.4, 0.5) is 5.69 Å². The third-order valence-electron chi connectivity index (χ3n) is 4.55. The van der Waals surface area contributed by atoms with Gasteiger partial charge >= 0.3 is 0 Å². The van der Waals surface area contributed by atoms with Crippen molar-refractivity contribution in [3.8, 4) is 0 Å². The first-order valence-corrected chi connectivity index (χ1v) is 11.1. The lowest BCUT2D eigenvalue weighted by atomic mass is 10.0. The Morgan fingerprint density at radius 1 is 1.00 bits per heavy atom. The molecule has 156 valence electrons. The highest BCUT2D eigenvalue weighted by molar-refractivity contribution is 7.92. The molecule has 0 aliphatic heterocycles. The number of anilines is 1. The van der Waals surface area contributed by atoms with Gasteiger partial charge in [0.25, 0.3) is 10.0 Å². The van der Waals surface area contributed by atoms with Crippen LogP contribution >= 0.6 is 11.6 Å². The largest absolute Gasteiger partial charge is 0.289 e. The Balaban J connectivity index is 1.60. The van der Waals surface area contributed by atoms with Crippen molar-refractivity contribution >= 4 is 33.1 Å². The second-order valence-corrected chi connectivity index (χ2v) is 8.83. The zero-order valence-corrected chi connectivity index (χ0v) is 17.7. The van der Waals surface area contributed by atoms with Gasteiger partial charge in [0.2, 0.25) is 0 Å². The molecule has 2 aromatic carbocycles. The lowest BCUT2D eigenvalue weighted by molar-refractivity contribution is 0.103. The lowest BCUT2D eigenvalue weighted by Crippen LogP contribution is -2.16. The average molecular weight is 453 g/mol. The van der Waals surface area contributed by atoms with E-state index in [-0.39, 0.29) is 21.9 Å². The van der Waals surface area contributed by atoms with Crippen molar-refractivity contribution in [2.24, 2.45) is 0 Å². The number of ketones is 1. The Morgan fingerprint density at radius 2 is 1.74 bits per heavy atom. The zero-order valence-electron chi connectivity index (χ0n) is 16.1. The summed E-state index contributed by atoms with van der Waals surface area (Å²) >= 11 is 6.06. The van der Waals surface area contributed by atoms with Crippen molar-refractivity contribution in [2.75, 3.05) is 4.72 Å². The van der Waals surface area contributed by atoms with E-state index in [0.29, 0.717) is 17.1 Å². The summed E-state index contributed by atoms with van der Waals surface area (Å²) < 4.78 is 30.1. The predicted octanol–water partition coefficient (Wildman–Crippen LogP) is 4.01. The van der Waals surface area contributed by atoms with Gasteiger partial charge in [0, 0.05) is 40.9 Å². The van der Waals surface area contributed by atoms with Crippen LogP contribution in [-0.2, 0) is 16.6 Å². The Kier molecular flexibility index (Phi) is 5.83. The first-order chi connectivity index (χ1) is 14.9. The van der Waals surface area contributed by atoms with E-state index in [2.05, 4.69) is 14.8 Å². The third kappa shape index (κ3) is 4.82. The van der Waals surface area contributed by atoms with Crippen LogP contribution in [0.5, 0.6) is 0 Å². The first-order valence-electron chi connectivity index (χ1n) is 9.26. The Labute approximate surface area is 184 Å². The van der Waals surface area contributed by atoms with E-state index in [4.69, 9.17) is 11.6 Å². The van der Waals surface area contributed by atoms with Crippen molar-refractivity contribution in [1.82, 2.24) is 14.8 Å². The normalized spacial score (nSPS) is 11.3. The molecule has 4 rings (SSSR count). The highest BCUT2D eigenvalue weighted by atomic mass is 35.5. The maximum Gasteiger partial charge on any atom is 0.261 e. The Morgan fingerprint density at radius 3 is 2.42 bits per heavy atom. The summed E-state index contributed by atoms with van der Waals surface area (Å²) in [5, 5.41) is 4.46. The highest BCUT2D eigenvalue weighted by Crippen LogP contribution is 2.26. The van der Waals surface area contributed by atoms with E-state index >= 15 is 0 Å². The zero-order chi connectivity index (χ0) is 21.8. The van der Waals surface area contributed by atoms with Gasteiger partial charge in [-0.15, -0.1) is 0 Å². The van der Waals surface area contributed by atoms with E-state index in [0.717, 1.165) is 5.56 Å². The summed E-state index contributed by atoms with van der Waals surface area (Å²) in [6.45, 7) is 0.530. The Hall–Kier alpha value is -3.49. The number of carbonyl (C=O) groups is 1. The fourth-order valence-electron chi connectivity index (χ4n) is 3.01. The molecule has 0 aliphatic carbocycles. The summed E-state index contributed by atoms with van der Waals surface area (Å²) in [6, 6.07) is 15.8. The van der Waals surface area contributed by atoms with E-state index in [1.807, 2.05) is 12.3 Å². The number of benzene rings is 2. The molecule has 0 spiro atoms. The quantitative estimate of drug-likeness (QED) is 0.427. The van der Waals surface area contributed by atoms with Gasteiger partial charge in [0.15, 0.2) is 5.78 Å². The van der Waals surface area contributed by atoms with Crippen LogP contribution in [0.2, 0.25) is 5.02 Å². The van der Waals surface area contributed by atoms with Gasteiger partial charge in [0.1, 0.15) is 0 Å². The summed E-state index contributed by atoms with van der Waals surface area (Å²) in [4.78, 5) is 16.9. The molecule has 0 amide bonds. The van der Waals surface area contributed by atoms with Crippen LogP contribution in [-0.4, -0.2) is 29.0 Å². The van der Waals surface area contributed by atoms with Crippen LogP contribution in [0.1, 0.15) is 21.5 Å². The molecule has 0 unspecified atom stereocenters. The van der Waals surface area contributed by atoms with Crippen LogP contribution in [0, 0.1) is 0 Å². The van der Waals surface area contributed by atoms with E-state index in [9.17, 15) is 13.2 Å². The summed E-state index contributed by atoms with van der Waals surface area (Å²) in [7, 11) is -3.92. The van der Waals surface area contributed by atoms with Gasteiger partial charge in [-0.3, -0.25) is 19.2 Å². The van der Waals surface area contributed by atoms with Crippen LogP contribution in [0.3, 0.4) is 0 Å². The molecule has 0 saturated carbocycles. The monoisotopic (exact) mass is 452 g/mol. The molecule has 4 aromatic rings. The topological polar surface area (TPSA) is 94.0 Å². The van der Waals surface area contributed by atoms with E-state index < -0.39 is 10.0 Å². The molecule has 0 aliphatic rings. The number of aromatic nitrogens is 3. The minimum atomic E-state index is -3.92. The fourth-order valence-corrected chi connectivity index (χ4v) is 4.26. The number of nitrogens with one attached hydrogen (secondary N) is 1. The van der Waals surface area contributed by atoms with Crippen LogP contribution < -0.4 is 4.72 Å². The number of carbonyl (C=O) groups excluding carboxylic acids is 1. The van der Waals surface area contributed by atoms with Gasteiger partial charge in [0.05, 0.1) is 17.1 Å². The molecule has 2 heterocycles. The Bertz CT molecular complexity index is 1310. The molecule has 2 aromatic heterocycles. The van der Waals surface area contributed by atoms with Crippen molar-refractivity contribution in [2.45, 2.75) is 11.4 Å². The highest BCUT2D eigenvalue weighted by Gasteiger charge is 2.20. The number of sulfonamides is 1. The van der Waals surface area contributed by atoms with Gasteiger partial charge in [-0.05, 0) is 54.1 Å². The molecule has 9 heteroatoms. The van der Waals surface area contributed by atoms with Crippen molar-refractivity contribution in [3.63, 3.8) is 0 Å². The van der Waals surface area contributed by atoms with Gasteiger partial charge in [-0.1, -0.05) is 23.7 Å². The third-order valence-corrected chi connectivity index (χ3v) is 6.17. The molecule has 0 saturated heterocycles. The lowest BCUT2D eigenvalue weighted by Gasteiger charge is -2.13. The van der Waals surface area contributed by atoms with E-state index in [1.165, 1.54) is 42.7 Å². The molecule has 7 nitrogen and oxygen atoms in total. The number of halogens is 1. The molecule has 0 bridgehead atoms. The number of hydrogen-bond acceptors (Lipinski definition) is 5. The summed E-state index contributed by atoms with van der Waals surface area (Å²) in [6.07, 6.45) is 6.49. The van der Waals surface area contributed by atoms with Crippen molar-refractivity contribution in [3.05, 3.63) is 107 Å². The molecule has 0 radical (unpaired) electrons. The minimum absolute atomic E-state index is 0.0778. The number of pyridine rings is 1. The first kappa shape index (κ1) is 20.8. The maximum absolute atomic E-state index is 12.9. The van der Waals surface area contributed by atoms with Crippen LogP contribution in [0.25, 0.3) is 0 Å². The van der Waals surface area contributed by atoms with Crippen molar-refractivity contribution in [1.29, 1.82) is 0 Å². The summed E-state index contributed by atoms with van der Waals surface area (Å²) in [5.74, 6) is -0.364. The molecular weight excluding hydrogens is 436 g/mol. The smallest absolute Gasteiger partial charge is 0.261 e. The van der Waals surface area contributed by atoms with Gasteiger partial charge in [-0.2, -0.15) is 5.10 Å². The molecule has 31 heavy (non-hydrogen) atoms. The van der Waals surface area contributed by atoms with Crippen LogP contribution in [0.15, 0.2) is 90.3 Å². The predicted molar refractivity (Wildman–Crippen MR) is 118 cm³/mol. The van der Waals surface area contributed by atoms with E-state index in [1.54, 1.807) is 35.1 Å². The van der Waals surface area contributed by atoms with Gasteiger partial charge in [-0.25, -0.2) is 8.42 Å². The standard InChI is InChI=1S/C22H17ClN4O3S/c23-18-4-7-21(20(14-18)22(28)17-8-11-24-12-9-17)26-31(29,30)19-5-2-16(3-6-19)15-27-13-1-10-25-27/h1-14,26H,15H2. The molecule has 0 fully saturated rings. The van der Waals surface area contributed by atoms with Gasteiger partial charge < -0.3 is 0 Å². The number of rotatable bonds is 7. The maximum atomic E-state index is 12.9. The summed E-state index contributed by atoms with van der Waals surface area (Å²) in [5.41, 5.74) is 1.58. The van der Waals surface area contributed by atoms with Crippen molar-refractivity contribution < 1.29 is 13.2 Å². The average Bonchev–Trinajstić information content (AvgIpc) is 3.28. The molecule has 0 atom stereocenters. The molecule has 1 N–H and O–H groups in total. The minimum Gasteiger partial charge on any atom is -0.289 e. The second-order valence-electron chi connectivity index (χ2n) is 6.71. The SMILES string of the molecule is O=C(c1ccncc1)c1cc(Cl)ccc1NS(=O)(=O)c1ccc(Cn2cccn2)cc1. The number of hydrogen-bond donors (Lipinski definition) is 1. The number of nitrogens with zero attached hydrogens (tertiary/aromatic N) is 3. The fraction of sp³-hybridized carbons (Fsp3) is 0.0455. The second kappa shape index (κ2) is 8.71. The molecular formula is C22H17ClN4O3S.